The molecule has 0 N–H and O–H groups in total. The van der Waals surface area contributed by atoms with E-state index in [2.05, 4.69) is 16.7 Å². The summed E-state index contributed by atoms with van der Waals surface area (Å²) in [6.07, 6.45) is 5.93. The maximum absolute atomic E-state index is 14.5. The van der Waals surface area contributed by atoms with Crippen LogP contribution >= 0.6 is 0 Å². The van der Waals surface area contributed by atoms with Gasteiger partial charge in [0.1, 0.15) is 6.61 Å². The number of carbonyl (C=O) groups excluding carboxylic acids is 1. The van der Waals surface area contributed by atoms with Crippen molar-refractivity contribution in [1.82, 2.24) is 9.55 Å². The number of fused-ring (bicyclic) bond motifs is 1. The minimum Gasteiger partial charge on any atom is -0.501 e. The molecule has 30 heavy (non-hydrogen) atoms. The number of anilines is 1. The summed E-state index contributed by atoms with van der Waals surface area (Å²) < 4.78 is 26.4. The van der Waals surface area contributed by atoms with Crippen LogP contribution in [0.4, 0.5) is 10.2 Å². The molecule has 0 aliphatic carbocycles. The van der Waals surface area contributed by atoms with Gasteiger partial charge in [-0.05, 0) is 43.5 Å². The zero-order valence-corrected chi connectivity index (χ0v) is 16.9. The topological polar surface area (TPSA) is 86.0 Å². The Morgan fingerprint density at radius 1 is 1.37 bits per heavy atom. The summed E-state index contributed by atoms with van der Waals surface area (Å²) in [6.45, 7) is 5.36. The number of amides is 1. The number of benzene rings is 1. The van der Waals surface area contributed by atoms with Gasteiger partial charge in [-0.3, -0.25) is 19.5 Å². The van der Waals surface area contributed by atoms with Crippen molar-refractivity contribution in [2.24, 2.45) is 12.0 Å². The van der Waals surface area contributed by atoms with Gasteiger partial charge in [0.25, 0.3) is 11.5 Å². The molecular weight excluding hydrogens is 391 g/mol. The maximum atomic E-state index is 14.5. The Bertz CT molecular complexity index is 1120. The first-order chi connectivity index (χ1) is 14.3. The number of carbonyl (C=O) groups is 1. The Balaban J connectivity index is 1.82. The maximum Gasteiger partial charge on any atom is 0.268 e. The van der Waals surface area contributed by atoms with Gasteiger partial charge in [-0.15, -0.1) is 0 Å². The lowest BCUT2D eigenvalue weighted by Crippen LogP contribution is -2.27. The monoisotopic (exact) mass is 412 g/mol. The summed E-state index contributed by atoms with van der Waals surface area (Å²) in [4.78, 5) is 33.6. The van der Waals surface area contributed by atoms with E-state index in [1.165, 1.54) is 27.8 Å². The van der Waals surface area contributed by atoms with E-state index >= 15 is 0 Å². The predicted octanol–water partition coefficient (Wildman–Crippen LogP) is 2.59. The van der Waals surface area contributed by atoms with E-state index in [1.807, 2.05) is 0 Å². The first kappa shape index (κ1) is 21.0. The van der Waals surface area contributed by atoms with E-state index in [0.717, 1.165) is 6.20 Å². The highest BCUT2D eigenvalue weighted by atomic mass is 19.1. The van der Waals surface area contributed by atoms with Gasteiger partial charge in [0.2, 0.25) is 0 Å². The van der Waals surface area contributed by atoms with Gasteiger partial charge in [-0.2, -0.15) is 0 Å². The summed E-state index contributed by atoms with van der Waals surface area (Å²) in [7, 11) is 3.11. The molecule has 0 bridgehead atoms. The fraction of sp³-hybridized carbons (Fsp3) is 0.238. The van der Waals surface area contributed by atoms with Crippen LogP contribution in [-0.2, 0) is 18.3 Å². The lowest BCUT2D eigenvalue weighted by Gasteiger charge is -2.14. The number of halogens is 1. The van der Waals surface area contributed by atoms with Crippen LogP contribution in [0.25, 0.3) is 0 Å². The van der Waals surface area contributed by atoms with Crippen LogP contribution in [0, 0.1) is 5.82 Å². The molecular formula is C21H21FN4O4. The average molecular weight is 412 g/mol. The molecule has 0 atom stereocenters. The number of aromatic nitrogens is 2. The second-order valence-electron chi connectivity index (χ2n) is 6.61. The second kappa shape index (κ2) is 8.73. The molecule has 0 radical (unpaired) electrons. The number of aryl methyl sites for hydroxylation is 1. The Hall–Kier alpha value is -3.75. The summed E-state index contributed by atoms with van der Waals surface area (Å²) >= 11 is 0. The number of hydrogen-bond acceptors (Lipinski definition) is 6. The quantitative estimate of drug-likeness (QED) is 0.396. The third-order valence-corrected chi connectivity index (χ3v) is 4.61. The molecule has 156 valence electrons. The number of aliphatic imine (C=N–C) groups is 1. The Labute approximate surface area is 172 Å². The first-order valence-electron chi connectivity index (χ1n) is 9.02. The van der Waals surface area contributed by atoms with Crippen molar-refractivity contribution in [2.75, 3.05) is 18.6 Å². The van der Waals surface area contributed by atoms with Gasteiger partial charge in [0, 0.05) is 18.8 Å². The molecule has 0 saturated carbocycles. The molecule has 1 amide bonds. The normalized spacial score (nSPS) is 14.0. The minimum absolute atomic E-state index is 0.0348. The molecule has 3 rings (SSSR count). The predicted molar refractivity (Wildman–Crippen MR) is 110 cm³/mol. The summed E-state index contributed by atoms with van der Waals surface area (Å²) in [6, 6.07) is 2.64. The zero-order chi connectivity index (χ0) is 21.8. The highest BCUT2D eigenvalue weighted by Crippen LogP contribution is 2.31. The second-order valence-corrected chi connectivity index (χ2v) is 6.61. The highest BCUT2D eigenvalue weighted by molar-refractivity contribution is 6.09. The van der Waals surface area contributed by atoms with Gasteiger partial charge in [0.15, 0.2) is 17.4 Å². The molecule has 2 aromatic rings. The van der Waals surface area contributed by atoms with E-state index in [4.69, 9.17) is 9.47 Å². The third kappa shape index (κ3) is 4.29. The number of nitrogens with zero attached hydrogens (tertiary/aromatic N) is 4. The third-order valence-electron chi connectivity index (χ3n) is 4.61. The largest absolute Gasteiger partial charge is 0.501 e. The van der Waals surface area contributed by atoms with E-state index in [1.54, 1.807) is 33.2 Å². The van der Waals surface area contributed by atoms with Crippen molar-refractivity contribution >= 4 is 18.4 Å². The molecule has 1 aliphatic heterocycles. The van der Waals surface area contributed by atoms with Crippen LogP contribution < -0.4 is 15.2 Å². The Morgan fingerprint density at radius 2 is 2.13 bits per heavy atom. The molecule has 8 nitrogen and oxygen atoms in total. The number of methoxy groups -OCH3 is 1. The lowest BCUT2D eigenvalue weighted by molar-refractivity contribution is 0.0995. The van der Waals surface area contributed by atoms with Gasteiger partial charge >= 0.3 is 0 Å². The van der Waals surface area contributed by atoms with Crippen LogP contribution in [0.1, 0.15) is 22.8 Å². The van der Waals surface area contributed by atoms with E-state index in [-0.39, 0.29) is 30.4 Å². The molecule has 0 saturated heterocycles. The van der Waals surface area contributed by atoms with E-state index in [0.29, 0.717) is 28.4 Å². The van der Waals surface area contributed by atoms with Crippen molar-refractivity contribution in [3.8, 4) is 5.75 Å². The molecule has 2 heterocycles. The number of hydrogen-bond donors (Lipinski definition) is 0. The van der Waals surface area contributed by atoms with Gasteiger partial charge in [-0.1, -0.05) is 0 Å². The molecule has 0 fully saturated rings. The van der Waals surface area contributed by atoms with E-state index in [9.17, 15) is 14.0 Å². The SMILES string of the molecule is C=N/C(=C\C=C(/C)OC)COc1cc2c(cc1F)CN(c1cn(C)c(=O)cn1)C2=O. The summed E-state index contributed by atoms with van der Waals surface area (Å²) in [5.74, 6) is -0.0411. The molecule has 9 heteroatoms. The smallest absolute Gasteiger partial charge is 0.268 e. The van der Waals surface area contributed by atoms with Crippen molar-refractivity contribution < 1.29 is 18.7 Å². The van der Waals surface area contributed by atoms with Crippen LogP contribution in [-0.4, -0.2) is 35.9 Å². The number of allylic oxidation sites excluding steroid dienone is 3. The van der Waals surface area contributed by atoms with Crippen LogP contribution in [0.15, 0.2) is 57.9 Å². The molecule has 0 unspecified atom stereocenters. The van der Waals surface area contributed by atoms with Crippen molar-refractivity contribution in [1.29, 1.82) is 0 Å². The van der Waals surface area contributed by atoms with Gasteiger partial charge < -0.3 is 14.0 Å². The lowest BCUT2D eigenvalue weighted by atomic mass is 10.1. The average Bonchev–Trinajstić information content (AvgIpc) is 3.05. The van der Waals surface area contributed by atoms with Crippen molar-refractivity contribution in [3.05, 3.63) is 75.4 Å². The van der Waals surface area contributed by atoms with Crippen LogP contribution in [0.5, 0.6) is 5.75 Å². The fourth-order valence-electron chi connectivity index (χ4n) is 2.81. The summed E-state index contributed by atoms with van der Waals surface area (Å²) in [5, 5.41) is 0. The summed E-state index contributed by atoms with van der Waals surface area (Å²) in [5.41, 5.74) is 1.000. The number of rotatable bonds is 7. The number of ether oxygens (including phenoxy) is 2. The molecule has 0 spiro atoms. The molecule has 1 aromatic carbocycles. The van der Waals surface area contributed by atoms with Gasteiger partial charge in [0.05, 0.1) is 31.3 Å². The van der Waals surface area contributed by atoms with Crippen molar-refractivity contribution in [3.63, 3.8) is 0 Å². The molecule has 1 aliphatic rings. The first-order valence-corrected chi connectivity index (χ1v) is 9.02. The standard InChI is InChI=1S/C21H21FN4O4/c1-13(29-4)5-6-15(23-2)12-30-18-8-16-14(7-17(18)22)10-26(21(16)28)19-11-25(3)20(27)9-24-19/h5-9,11H,2,10,12H2,1,3-4H3/b13-5+,15-6-. The Kier molecular flexibility index (Phi) is 6.10. The highest BCUT2D eigenvalue weighted by Gasteiger charge is 2.31. The molecule has 1 aromatic heterocycles. The van der Waals surface area contributed by atoms with Crippen molar-refractivity contribution in [2.45, 2.75) is 13.5 Å². The minimum atomic E-state index is -0.594. The van der Waals surface area contributed by atoms with Gasteiger partial charge in [-0.25, -0.2) is 9.37 Å². The van der Waals surface area contributed by atoms with Crippen LogP contribution in [0.2, 0.25) is 0 Å². The van der Waals surface area contributed by atoms with Crippen LogP contribution in [0.3, 0.4) is 0 Å². The zero-order valence-electron chi connectivity index (χ0n) is 16.9. The Morgan fingerprint density at radius 3 is 2.80 bits per heavy atom. The fourth-order valence-corrected chi connectivity index (χ4v) is 2.81. The van der Waals surface area contributed by atoms with E-state index < -0.39 is 5.82 Å².